The molecule has 1 aliphatic carbocycles. The van der Waals surface area contributed by atoms with E-state index in [0.717, 1.165) is 12.2 Å². The zero-order chi connectivity index (χ0) is 18.4. The summed E-state index contributed by atoms with van der Waals surface area (Å²) in [6, 6.07) is 12.6. The molecule has 3 nitrogen and oxygen atoms in total. The Bertz CT molecular complexity index is 663. The third-order valence-electron chi connectivity index (χ3n) is 5.16. The molecular formula is C22H31NO2S. The number of aliphatic hydroxyl groups is 1. The Kier molecular flexibility index (Phi) is 6.74. The monoisotopic (exact) mass is 373 g/mol. The fourth-order valence-electron chi connectivity index (χ4n) is 3.74. The number of hydrogen-bond donors (Lipinski definition) is 2. The van der Waals surface area contributed by atoms with Crippen molar-refractivity contribution >= 4 is 11.3 Å². The van der Waals surface area contributed by atoms with Crippen LogP contribution in [0.4, 0.5) is 0 Å². The normalized spacial score (nSPS) is 16.7. The van der Waals surface area contributed by atoms with E-state index in [2.05, 4.69) is 48.8 Å². The zero-order valence-electron chi connectivity index (χ0n) is 15.9. The molecule has 1 fully saturated rings. The Hall–Kier alpha value is -1.36. The summed E-state index contributed by atoms with van der Waals surface area (Å²) >= 11 is 1.78. The predicted molar refractivity (Wildman–Crippen MR) is 109 cm³/mol. The van der Waals surface area contributed by atoms with Crippen molar-refractivity contribution in [2.24, 2.45) is 0 Å². The number of β-amino-alcohol motifs (C(OH)–C–C–N with tert-alkyl or cyclic N) is 1. The van der Waals surface area contributed by atoms with E-state index in [1.807, 2.05) is 12.1 Å². The summed E-state index contributed by atoms with van der Waals surface area (Å²) in [5.74, 6) is 1.56. The van der Waals surface area contributed by atoms with Crippen molar-refractivity contribution in [2.45, 2.75) is 63.5 Å². The molecule has 26 heavy (non-hydrogen) atoms. The van der Waals surface area contributed by atoms with Crippen LogP contribution in [0.3, 0.4) is 0 Å². The van der Waals surface area contributed by atoms with Gasteiger partial charge >= 0.3 is 0 Å². The predicted octanol–water partition coefficient (Wildman–Crippen LogP) is 4.76. The molecule has 0 aliphatic heterocycles. The van der Waals surface area contributed by atoms with Gasteiger partial charge in [-0.25, -0.2) is 0 Å². The molecule has 1 aliphatic rings. The van der Waals surface area contributed by atoms with E-state index >= 15 is 0 Å². The van der Waals surface area contributed by atoms with Crippen LogP contribution in [0.2, 0.25) is 0 Å². The van der Waals surface area contributed by atoms with Gasteiger partial charge in [0.2, 0.25) is 0 Å². The summed E-state index contributed by atoms with van der Waals surface area (Å²) in [5.41, 5.74) is 1.26. The van der Waals surface area contributed by atoms with Gasteiger partial charge in [0, 0.05) is 17.0 Å². The third-order valence-corrected chi connectivity index (χ3v) is 6.03. The smallest absolute Gasteiger partial charge is 0.122 e. The Morgan fingerprint density at radius 1 is 1.19 bits per heavy atom. The first-order valence-electron chi connectivity index (χ1n) is 9.71. The Morgan fingerprint density at radius 2 is 1.96 bits per heavy atom. The number of para-hydroxylation sites is 1. The highest BCUT2D eigenvalue weighted by Crippen LogP contribution is 2.38. The lowest BCUT2D eigenvalue weighted by Crippen LogP contribution is -2.46. The van der Waals surface area contributed by atoms with Crippen LogP contribution in [-0.2, 0) is 6.42 Å². The minimum Gasteiger partial charge on any atom is -0.491 e. The Morgan fingerprint density at radius 3 is 2.69 bits per heavy atom. The second-order valence-corrected chi connectivity index (χ2v) is 9.04. The van der Waals surface area contributed by atoms with Crippen LogP contribution in [0.25, 0.3) is 0 Å². The average molecular weight is 374 g/mol. The second kappa shape index (κ2) is 9.03. The standard InChI is InChI=1S/C22H31NO2S/c1-22(2,14-19-10-7-13-26-19)23-15-18(24)16-25-21-12-6-5-11-20(21)17-8-3-4-9-17/h5-7,10-13,17-18,23-24H,3-4,8-9,14-16H2,1-2H3. The van der Waals surface area contributed by atoms with Crippen molar-refractivity contribution in [1.29, 1.82) is 0 Å². The number of hydrogen-bond acceptors (Lipinski definition) is 4. The van der Waals surface area contributed by atoms with Crippen LogP contribution < -0.4 is 10.1 Å². The molecule has 2 N–H and O–H groups in total. The van der Waals surface area contributed by atoms with Gasteiger partial charge in [-0.15, -0.1) is 11.3 Å². The molecule has 0 radical (unpaired) electrons. The highest BCUT2D eigenvalue weighted by molar-refractivity contribution is 7.09. The number of ether oxygens (including phenoxy) is 1. The molecule has 1 aromatic carbocycles. The van der Waals surface area contributed by atoms with Gasteiger partial charge in [-0.3, -0.25) is 0 Å². The van der Waals surface area contributed by atoms with Crippen LogP contribution in [0.1, 0.15) is 55.9 Å². The van der Waals surface area contributed by atoms with Crippen LogP contribution >= 0.6 is 11.3 Å². The largest absolute Gasteiger partial charge is 0.491 e. The lowest BCUT2D eigenvalue weighted by atomic mass is 9.97. The zero-order valence-corrected chi connectivity index (χ0v) is 16.7. The van der Waals surface area contributed by atoms with Gasteiger partial charge in [0.1, 0.15) is 18.5 Å². The van der Waals surface area contributed by atoms with Gasteiger partial charge in [-0.05, 0) is 62.1 Å². The minimum atomic E-state index is -0.519. The maximum absolute atomic E-state index is 10.4. The lowest BCUT2D eigenvalue weighted by molar-refractivity contribution is 0.0982. The quantitative estimate of drug-likeness (QED) is 0.666. The molecule has 1 unspecified atom stereocenters. The fourth-order valence-corrected chi connectivity index (χ4v) is 4.67. The highest BCUT2D eigenvalue weighted by Gasteiger charge is 2.22. The van der Waals surface area contributed by atoms with Crippen molar-refractivity contribution in [2.75, 3.05) is 13.2 Å². The number of benzene rings is 1. The maximum Gasteiger partial charge on any atom is 0.122 e. The Balaban J connectivity index is 1.47. The van der Waals surface area contributed by atoms with Crippen LogP contribution in [0.5, 0.6) is 5.75 Å². The van der Waals surface area contributed by atoms with E-state index in [9.17, 15) is 5.11 Å². The third kappa shape index (κ3) is 5.57. The van der Waals surface area contributed by atoms with Crippen molar-refractivity contribution in [3.05, 3.63) is 52.2 Å². The first-order chi connectivity index (χ1) is 12.5. The molecule has 0 bridgehead atoms. The summed E-state index contributed by atoms with van der Waals surface area (Å²) in [7, 11) is 0. The van der Waals surface area contributed by atoms with E-state index in [-0.39, 0.29) is 5.54 Å². The number of aliphatic hydroxyl groups excluding tert-OH is 1. The topological polar surface area (TPSA) is 41.5 Å². The van der Waals surface area contributed by atoms with E-state index in [1.165, 1.54) is 36.1 Å². The van der Waals surface area contributed by atoms with Gasteiger partial charge in [-0.1, -0.05) is 37.1 Å². The summed E-state index contributed by atoms with van der Waals surface area (Å²) in [5, 5.41) is 16.0. The van der Waals surface area contributed by atoms with E-state index in [1.54, 1.807) is 11.3 Å². The molecule has 1 aromatic heterocycles. The van der Waals surface area contributed by atoms with Crippen LogP contribution in [0, 0.1) is 0 Å². The first-order valence-corrected chi connectivity index (χ1v) is 10.6. The van der Waals surface area contributed by atoms with Gasteiger partial charge in [0.05, 0.1) is 0 Å². The van der Waals surface area contributed by atoms with Gasteiger partial charge in [-0.2, -0.15) is 0 Å². The average Bonchev–Trinajstić information content (AvgIpc) is 3.32. The summed E-state index contributed by atoms with van der Waals surface area (Å²) in [4.78, 5) is 1.36. The molecule has 1 saturated carbocycles. The van der Waals surface area contributed by atoms with Gasteiger partial charge in [0.15, 0.2) is 0 Å². The van der Waals surface area contributed by atoms with Crippen molar-refractivity contribution in [1.82, 2.24) is 5.32 Å². The SMILES string of the molecule is CC(C)(Cc1cccs1)NCC(O)COc1ccccc1C1CCCC1. The van der Waals surface area contributed by atoms with Crippen LogP contribution in [-0.4, -0.2) is 29.9 Å². The molecule has 2 aromatic rings. The number of thiophene rings is 1. The second-order valence-electron chi connectivity index (χ2n) is 8.00. The molecule has 0 amide bonds. The van der Waals surface area contributed by atoms with E-state index in [4.69, 9.17) is 4.74 Å². The van der Waals surface area contributed by atoms with E-state index < -0.39 is 6.10 Å². The van der Waals surface area contributed by atoms with Crippen molar-refractivity contribution < 1.29 is 9.84 Å². The van der Waals surface area contributed by atoms with E-state index in [0.29, 0.717) is 19.1 Å². The van der Waals surface area contributed by atoms with Crippen LogP contribution in [0.15, 0.2) is 41.8 Å². The first kappa shape index (κ1) is 19.4. The van der Waals surface area contributed by atoms with Gasteiger partial charge in [0.25, 0.3) is 0 Å². The molecular weight excluding hydrogens is 342 g/mol. The van der Waals surface area contributed by atoms with Gasteiger partial charge < -0.3 is 15.2 Å². The molecule has 0 spiro atoms. The fraction of sp³-hybridized carbons (Fsp3) is 0.545. The molecule has 1 heterocycles. The minimum absolute atomic E-state index is 0.0480. The molecule has 0 saturated heterocycles. The summed E-state index contributed by atoms with van der Waals surface area (Å²) in [6.45, 7) is 5.21. The summed E-state index contributed by atoms with van der Waals surface area (Å²) < 4.78 is 5.99. The lowest BCUT2D eigenvalue weighted by Gasteiger charge is -2.27. The molecule has 3 rings (SSSR count). The number of rotatable bonds is 9. The molecule has 1 atom stereocenters. The molecule has 4 heteroatoms. The maximum atomic E-state index is 10.4. The molecule has 142 valence electrons. The number of nitrogens with one attached hydrogen (secondary N) is 1. The highest BCUT2D eigenvalue weighted by atomic mass is 32.1. The summed E-state index contributed by atoms with van der Waals surface area (Å²) in [6.07, 6.45) is 5.57. The Labute approximate surface area is 161 Å². The van der Waals surface area contributed by atoms with Crippen molar-refractivity contribution in [3.63, 3.8) is 0 Å². The van der Waals surface area contributed by atoms with Crippen molar-refractivity contribution in [3.8, 4) is 5.75 Å².